The summed E-state index contributed by atoms with van der Waals surface area (Å²) in [6, 6.07) is 2.56. The molecule has 1 aliphatic heterocycles. The summed E-state index contributed by atoms with van der Waals surface area (Å²) in [6.07, 6.45) is 1.98. The fourth-order valence-electron chi connectivity index (χ4n) is 1.31. The standard InChI is InChI=1S/C8H14N2O/c1-7-8(3-6-11-7)10-5-2-4-9/h7-8,10H,2-3,5-6H2,1H3. The maximum absolute atomic E-state index is 8.28. The van der Waals surface area contributed by atoms with Crippen LogP contribution in [0.1, 0.15) is 19.8 Å². The highest BCUT2D eigenvalue weighted by atomic mass is 16.5. The summed E-state index contributed by atoms with van der Waals surface area (Å²) in [5.41, 5.74) is 0. The van der Waals surface area contributed by atoms with Gasteiger partial charge in [-0.15, -0.1) is 0 Å². The molecule has 0 saturated carbocycles. The molecular weight excluding hydrogens is 140 g/mol. The van der Waals surface area contributed by atoms with Gasteiger partial charge in [-0.25, -0.2) is 0 Å². The van der Waals surface area contributed by atoms with E-state index in [4.69, 9.17) is 10.00 Å². The fourth-order valence-corrected chi connectivity index (χ4v) is 1.31. The van der Waals surface area contributed by atoms with Crippen molar-refractivity contribution in [2.75, 3.05) is 13.2 Å². The molecule has 0 aromatic heterocycles. The van der Waals surface area contributed by atoms with Crippen molar-refractivity contribution in [2.24, 2.45) is 0 Å². The van der Waals surface area contributed by atoms with E-state index in [9.17, 15) is 0 Å². The first-order valence-electron chi connectivity index (χ1n) is 4.06. The monoisotopic (exact) mass is 154 g/mol. The van der Waals surface area contributed by atoms with E-state index in [-0.39, 0.29) is 0 Å². The van der Waals surface area contributed by atoms with Gasteiger partial charge >= 0.3 is 0 Å². The van der Waals surface area contributed by atoms with E-state index in [0.29, 0.717) is 18.6 Å². The van der Waals surface area contributed by atoms with Gasteiger partial charge in [0.2, 0.25) is 0 Å². The minimum atomic E-state index is 0.314. The van der Waals surface area contributed by atoms with Crippen molar-refractivity contribution in [3.05, 3.63) is 0 Å². The normalized spacial score (nSPS) is 30.2. The topological polar surface area (TPSA) is 45.0 Å². The maximum Gasteiger partial charge on any atom is 0.0700 e. The molecule has 62 valence electrons. The summed E-state index contributed by atoms with van der Waals surface area (Å²) in [5, 5.41) is 11.6. The second kappa shape index (κ2) is 4.32. The van der Waals surface area contributed by atoms with E-state index in [1.807, 2.05) is 0 Å². The Balaban J connectivity index is 2.11. The molecule has 3 nitrogen and oxygen atoms in total. The molecule has 1 fully saturated rings. The van der Waals surface area contributed by atoms with E-state index >= 15 is 0 Å². The van der Waals surface area contributed by atoms with Crippen LogP contribution in [0.3, 0.4) is 0 Å². The van der Waals surface area contributed by atoms with Crippen LogP contribution < -0.4 is 5.32 Å². The zero-order chi connectivity index (χ0) is 8.10. The smallest absolute Gasteiger partial charge is 0.0700 e. The van der Waals surface area contributed by atoms with Gasteiger partial charge in [0.1, 0.15) is 0 Å². The minimum Gasteiger partial charge on any atom is -0.377 e. The molecule has 0 radical (unpaired) electrons. The van der Waals surface area contributed by atoms with Crippen LogP contribution in [0.2, 0.25) is 0 Å². The Labute approximate surface area is 67.3 Å². The molecule has 1 heterocycles. The molecule has 2 unspecified atom stereocenters. The highest BCUT2D eigenvalue weighted by molar-refractivity contribution is 4.80. The van der Waals surface area contributed by atoms with Gasteiger partial charge in [-0.1, -0.05) is 0 Å². The molecule has 1 aliphatic rings. The van der Waals surface area contributed by atoms with Gasteiger partial charge in [-0.2, -0.15) is 5.26 Å². The zero-order valence-corrected chi connectivity index (χ0v) is 6.84. The predicted octanol–water partition coefficient (Wildman–Crippen LogP) is 0.667. The van der Waals surface area contributed by atoms with Gasteiger partial charge in [0.15, 0.2) is 0 Å². The van der Waals surface area contributed by atoms with Crippen molar-refractivity contribution in [2.45, 2.75) is 31.9 Å². The number of hydrogen-bond donors (Lipinski definition) is 1. The highest BCUT2D eigenvalue weighted by Crippen LogP contribution is 2.11. The van der Waals surface area contributed by atoms with Crippen LogP contribution in [0.4, 0.5) is 0 Å². The summed E-state index contributed by atoms with van der Waals surface area (Å²) in [5.74, 6) is 0. The molecule has 0 aromatic carbocycles. The Kier molecular flexibility index (Phi) is 3.34. The third kappa shape index (κ3) is 2.49. The Hall–Kier alpha value is -0.590. The van der Waals surface area contributed by atoms with E-state index in [0.717, 1.165) is 19.6 Å². The number of nitrogens with zero attached hydrogens (tertiary/aromatic N) is 1. The zero-order valence-electron chi connectivity index (χ0n) is 6.84. The van der Waals surface area contributed by atoms with E-state index in [1.165, 1.54) is 0 Å². The average molecular weight is 154 g/mol. The summed E-state index contributed by atoms with van der Waals surface area (Å²) in [7, 11) is 0. The van der Waals surface area contributed by atoms with Gasteiger partial charge in [0, 0.05) is 25.6 Å². The molecule has 1 rings (SSSR count). The molecular formula is C8H14N2O. The van der Waals surface area contributed by atoms with Gasteiger partial charge in [-0.05, 0) is 13.3 Å². The Morgan fingerprint density at radius 3 is 3.09 bits per heavy atom. The fraction of sp³-hybridized carbons (Fsp3) is 0.875. The van der Waals surface area contributed by atoms with E-state index < -0.39 is 0 Å². The van der Waals surface area contributed by atoms with Crippen LogP contribution in [-0.4, -0.2) is 25.3 Å². The second-order valence-electron chi connectivity index (χ2n) is 2.83. The van der Waals surface area contributed by atoms with Crippen LogP contribution >= 0.6 is 0 Å². The Morgan fingerprint density at radius 1 is 1.73 bits per heavy atom. The molecule has 0 aliphatic carbocycles. The number of hydrogen-bond acceptors (Lipinski definition) is 3. The van der Waals surface area contributed by atoms with Gasteiger partial charge in [0.25, 0.3) is 0 Å². The third-order valence-electron chi connectivity index (χ3n) is 2.02. The summed E-state index contributed by atoms with van der Waals surface area (Å²) in [6.45, 7) is 3.71. The van der Waals surface area contributed by atoms with Crippen LogP contribution in [0.25, 0.3) is 0 Å². The molecule has 2 atom stereocenters. The molecule has 0 amide bonds. The van der Waals surface area contributed by atoms with Crippen molar-refractivity contribution in [3.8, 4) is 6.07 Å². The van der Waals surface area contributed by atoms with E-state index in [1.54, 1.807) is 0 Å². The molecule has 1 saturated heterocycles. The van der Waals surface area contributed by atoms with Crippen molar-refractivity contribution in [3.63, 3.8) is 0 Å². The minimum absolute atomic E-state index is 0.314. The van der Waals surface area contributed by atoms with Crippen LogP contribution in [0.15, 0.2) is 0 Å². The average Bonchev–Trinajstić information content (AvgIpc) is 2.37. The Morgan fingerprint density at radius 2 is 2.55 bits per heavy atom. The number of rotatable bonds is 3. The summed E-state index contributed by atoms with van der Waals surface area (Å²) in [4.78, 5) is 0. The van der Waals surface area contributed by atoms with E-state index in [2.05, 4.69) is 18.3 Å². The third-order valence-corrected chi connectivity index (χ3v) is 2.02. The lowest BCUT2D eigenvalue weighted by molar-refractivity contribution is 0.113. The van der Waals surface area contributed by atoms with Crippen molar-refractivity contribution in [1.29, 1.82) is 5.26 Å². The van der Waals surface area contributed by atoms with Crippen LogP contribution in [0.5, 0.6) is 0 Å². The molecule has 1 N–H and O–H groups in total. The number of nitriles is 1. The second-order valence-corrected chi connectivity index (χ2v) is 2.83. The SMILES string of the molecule is CC1OCCC1NCCC#N. The quantitative estimate of drug-likeness (QED) is 0.607. The maximum atomic E-state index is 8.28. The number of nitrogens with one attached hydrogen (secondary N) is 1. The molecule has 0 aromatic rings. The molecule has 3 heteroatoms. The molecule has 0 bridgehead atoms. The van der Waals surface area contributed by atoms with Gasteiger partial charge < -0.3 is 10.1 Å². The largest absolute Gasteiger partial charge is 0.377 e. The van der Waals surface area contributed by atoms with Crippen LogP contribution in [0, 0.1) is 11.3 Å². The van der Waals surface area contributed by atoms with Gasteiger partial charge in [0.05, 0.1) is 12.2 Å². The summed E-state index contributed by atoms with van der Waals surface area (Å²) < 4.78 is 5.35. The van der Waals surface area contributed by atoms with Crippen molar-refractivity contribution >= 4 is 0 Å². The van der Waals surface area contributed by atoms with Crippen molar-refractivity contribution < 1.29 is 4.74 Å². The lowest BCUT2D eigenvalue weighted by Crippen LogP contribution is -2.35. The van der Waals surface area contributed by atoms with Gasteiger partial charge in [-0.3, -0.25) is 0 Å². The lowest BCUT2D eigenvalue weighted by atomic mass is 10.1. The van der Waals surface area contributed by atoms with Crippen molar-refractivity contribution in [1.82, 2.24) is 5.32 Å². The summed E-state index contributed by atoms with van der Waals surface area (Å²) >= 11 is 0. The van der Waals surface area contributed by atoms with Crippen LogP contribution in [-0.2, 0) is 4.74 Å². The molecule has 11 heavy (non-hydrogen) atoms. The predicted molar refractivity (Wildman–Crippen MR) is 42.1 cm³/mol. The first-order chi connectivity index (χ1) is 5.34. The Bertz CT molecular complexity index is 153. The highest BCUT2D eigenvalue weighted by Gasteiger charge is 2.22. The molecule has 0 spiro atoms. The number of ether oxygens (including phenoxy) is 1. The first kappa shape index (κ1) is 8.51. The lowest BCUT2D eigenvalue weighted by Gasteiger charge is -2.14. The first-order valence-corrected chi connectivity index (χ1v) is 4.06.